The van der Waals surface area contributed by atoms with Gasteiger partial charge in [-0.3, -0.25) is 14.5 Å². The molecule has 1 unspecified atom stereocenters. The summed E-state index contributed by atoms with van der Waals surface area (Å²) < 4.78 is 0. The highest BCUT2D eigenvalue weighted by Gasteiger charge is 2.62. The Balaban J connectivity index is 1.95. The van der Waals surface area contributed by atoms with E-state index in [9.17, 15) is 19.5 Å². The number of amides is 2. The highest BCUT2D eigenvalue weighted by atomic mass is 16.4. The Labute approximate surface area is 118 Å². The molecule has 0 aromatic rings. The molecule has 3 rings (SSSR count). The molecule has 3 aliphatic rings. The minimum atomic E-state index is -1.34. The number of aliphatic carboxylic acids is 1. The molecule has 1 atom stereocenters. The van der Waals surface area contributed by atoms with Crippen molar-refractivity contribution < 1.29 is 19.5 Å². The lowest BCUT2D eigenvalue weighted by molar-refractivity contribution is -0.165. The molecule has 0 aromatic heterocycles. The lowest BCUT2D eigenvalue weighted by atomic mass is 9.73. The summed E-state index contributed by atoms with van der Waals surface area (Å²) >= 11 is 0. The number of hydrogen-bond acceptors (Lipinski definition) is 3. The normalized spacial score (nSPS) is 28.8. The highest BCUT2D eigenvalue weighted by molar-refractivity contribution is 6.09. The first-order valence-corrected chi connectivity index (χ1v) is 7.53. The molecular formula is C15H21NO4. The van der Waals surface area contributed by atoms with Crippen molar-refractivity contribution in [3.05, 3.63) is 0 Å². The molecule has 1 N–H and O–H groups in total. The fraction of sp³-hybridized carbons (Fsp3) is 0.800. The first-order valence-electron chi connectivity index (χ1n) is 7.53. The van der Waals surface area contributed by atoms with Crippen molar-refractivity contribution in [2.75, 3.05) is 0 Å². The number of hydrogen-bond donors (Lipinski definition) is 1. The van der Waals surface area contributed by atoms with Gasteiger partial charge in [0.2, 0.25) is 11.8 Å². The zero-order valence-corrected chi connectivity index (χ0v) is 11.9. The molecule has 20 heavy (non-hydrogen) atoms. The summed E-state index contributed by atoms with van der Waals surface area (Å²) in [5.74, 6) is -1.63. The van der Waals surface area contributed by atoms with E-state index in [0.717, 1.165) is 49.8 Å². The lowest BCUT2D eigenvalue weighted by Gasteiger charge is -2.36. The van der Waals surface area contributed by atoms with Crippen LogP contribution in [0.2, 0.25) is 0 Å². The van der Waals surface area contributed by atoms with Crippen molar-refractivity contribution in [2.24, 2.45) is 11.3 Å². The molecule has 1 aliphatic heterocycles. The Morgan fingerprint density at radius 1 is 1.25 bits per heavy atom. The number of likely N-dealkylation sites (tertiary alicyclic amines) is 1. The van der Waals surface area contributed by atoms with Crippen LogP contribution >= 0.6 is 0 Å². The summed E-state index contributed by atoms with van der Waals surface area (Å²) in [7, 11) is 0. The van der Waals surface area contributed by atoms with Crippen LogP contribution in [-0.2, 0) is 14.4 Å². The minimum absolute atomic E-state index is 0.0772. The second-order valence-electron chi connectivity index (χ2n) is 6.78. The van der Waals surface area contributed by atoms with Crippen LogP contribution in [0.15, 0.2) is 0 Å². The van der Waals surface area contributed by atoms with Gasteiger partial charge in [-0.2, -0.15) is 0 Å². The zero-order chi connectivity index (χ0) is 14.5. The van der Waals surface area contributed by atoms with E-state index in [4.69, 9.17) is 0 Å². The van der Waals surface area contributed by atoms with Crippen LogP contribution in [0.4, 0.5) is 0 Å². The van der Waals surface area contributed by atoms with Gasteiger partial charge in [-0.15, -0.1) is 0 Å². The van der Waals surface area contributed by atoms with Crippen LogP contribution in [0.3, 0.4) is 0 Å². The molecule has 1 spiro atoms. The van der Waals surface area contributed by atoms with Crippen molar-refractivity contribution in [1.29, 1.82) is 0 Å². The van der Waals surface area contributed by atoms with Crippen LogP contribution in [-0.4, -0.2) is 33.3 Å². The summed E-state index contributed by atoms with van der Waals surface area (Å²) in [6.07, 6.45) is 6.26. The molecule has 3 fully saturated rings. The number of carboxylic acids is 1. The van der Waals surface area contributed by atoms with E-state index in [-0.39, 0.29) is 24.2 Å². The van der Waals surface area contributed by atoms with E-state index in [0.29, 0.717) is 0 Å². The largest absolute Gasteiger partial charge is 0.479 e. The Kier molecular flexibility index (Phi) is 2.92. The number of imide groups is 1. The highest BCUT2D eigenvalue weighted by Crippen LogP contribution is 2.51. The Morgan fingerprint density at radius 3 is 2.35 bits per heavy atom. The van der Waals surface area contributed by atoms with E-state index in [1.54, 1.807) is 6.92 Å². The summed E-state index contributed by atoms with van der Waals surface area (Å²) in [6, 6.07) is 0. The van der Waals surface area contributed by atoms with Gasteiger partial charge < -0.3 is 5.11 Å². The van der Waals surface area contributed by atoms with Gasteiger partial charge in [0, 0.05) is 6.42 Å². The molecule has 2 saturated carbocycles. The van der Waals surface area contributed by atoms with Crippen LogP contribution in [0.5, 0.6) is 0 Å². The van der Waals surface area contributed by atoms with E-state index < -0.39 is 16.9 Å². The Morgan fingerprint density at radius 2 is 1.85 bits per heavy atom. The summed E-state index contributed by atoms with van der Waals surface area (Å²) in [5, 5.41) is 9.58. The molecule has 5 heteroatoms. The number of carbonyl (C=O) groups is 3. The second-order valence-corrected chi connectivity index (χ2v) is 6.78. The van der Waals surface area contributed by atoms with Crippen LogP contribution in [0.25, 0.3) is 0 Å². The molecular weight excluding hydrogens is 258 g/mol. The SMILES string of the molecule is CC(C(=O)O)(C1CC1)N1C(=O)CC2(CCCCC2)C1=O. The van der Waals surface area contributed by atoms with Crippen LogP contribution < -0.4 is 0 Å². The third kappa shape index (κ3) is 1.71. The van der Waals surface area contributed by atoms with Crippen molar-refractivity contribution in [2.45, 2.75) is 63.8 Å². The predicted molar refractivity (Wildman–Crippen MR) is 70.8 cm³/mol. The third-order valence-electron chi connectivity index (χ3n) is 5.48. The average Bonchev–Trinajstić information content (AvgIpc) is 3.20. The van der Waals surface area contributed by atoms with Crippen LogP contribution in [0, 0.1) is 11.3 Å². The van der Waals surface area contributed by atoms with Gasteiger partial charge in [-0.05, 0) is 38.5 Å². The fourth-order valence-corrected chi connectivity index (χ4v) is 3.98. The summed E-state index contributed by atoms with van der Waals surface area (Å²) in [5.41, 5.74) is -1.93. The van der Waals surface area contributed by atoms with Crippen molar-refractivity contribution in [3.63, 3.8) is 0 Å². The zero-order valence-electron chi connectivity index (χ0n) is 11.9. The minimum Gasteiger partial charge on any atom is -0.479 e. The van der Waals surface area contributed by atoms with Crippen molar-refractivity contribution in [3.8, 4) is 0 Å². The fourth-order valence-electron chi connectivity index (χ4n) is 3.98. The molecule has 5 nitrogen and oxygen atoms in total. The van der Waals surface area contributed by atoms with Gasteiger partial charge in [-0.1, -0.05) is 19.3 Å². The molecule has 2 amide bonds. The van der Waals surface area contributed by atoms with Gasteiger partial charge >= 0.3 is 5.97 Å². The van der Waals surface area contributed by atoms with Gasteiger partial charge in [0.05, 0.1) is 5.41 Å². The topological polar surface area (TPSA) is 74.7 Å². The van der Waals surface area contributed by atoms with Crippen molar-refractivity contribution in [1.82, 2.24) is 4.90 Å². The molecule has 2 aliphatic carbocycles. The van der Waals surface area contributed by atoms with E-state index in [1.807, 2.05) is 0 Å². The second kappa shape index (κ2) is 4.30. The first-order chi connectivity index (χ1) is 9.42. The van der Waals surface area contributed by atoms with E-state index >= 15 is 0 Å². The van der Waals surface area contributed by atoms with E-state index in [2.05, 4.69) is 0 Å². The standard InChI is InChI=1S/C15H21NO4/c1-14(13(19)20,10-5-6-10)16-11(17)9-15(12(16)18)7-3-2-4-8-15/h10H,2-9H2,1H3,(H,19,20). The van der Waals surface area contributed by atoms with Gasteiger partial charge in [0.15, 0.2) is 0 Å². The molecule has 1 heterocycles. The number of carbonyl (C=O) groups excluding carboxylic acids is 2. The molecule has 0 radical (unpaired) electrons. The van der Waals surface area contributed by atoms with Gasteiger partial charge in [0.25, 0.3) is 0 Å². The van der Waals surface area contributed by atoms with Crippen LogP contribution in [0.1, 0.15) is 58.3 Å². The van der Waals surface area contributed by atoms with E-state index in [1.165, 1.54) is 0 Å². The first kappa shape index (κ1) is 13.6. The maximum absolute atomic E-state index is 12.8. The monoisotopic (exact) mass is 279 g/mol. The summed E-state index contributed by atoms with van der Waals surface area (Å²) in [6.45, 7) is 1.55. The predicted octanol–water partition coefficient (Wildman–Crippen LogP) is 1.95. The number of rotatable bonds is 3. The molecule has 110 valence electrons. The van der Waals surface area contributed by atoms with Gasteiger partial charge in [0.1, 0.15) is 5.54 Å². The third-order valence-corrected chi connectivity index (χ3v) is 5.48. The molecule has 0 bridgehead atoms. The Hall–Kier alpha value is -1.39. The maximum Gasteiger partial charge on any atom is 0.330 e. The van der Waals surface area contributed by atoms with Crippen molar-refractivity contribution >= 4 is 17.8 Å². The molecule has 0 aromatic carbocycles. The maximum atomic E-state index is 12.8. The quantitative estimate of drug-likeness (QED) is 0.801. The molecule has 1 saturated heterocycles. The number of nitrogens with zero attached hydrogens (tertiary/aromatic N) is 1. The summed E-state index contributed by atoms with van der Waals surface area (Å²) in [4.78, 5) is 38.0. The smallest absolute Gasteiger partial charge is 0.330 e. The average molecular weight is 279 g/mol. The Bertz CT molecular complexity index is 476. The van der Waals surface area contributed by atoms with Gasteiger partial charge in [-0.25, -0.2) is 4.79 Å². The lowest BCUT2D eigenvalue weighted by Crippen LogP contribution is -2.57. The number of carboxylic acid groups (broad SMARTS) is 1.